The summed E-state index contributed by atoms with van der Waals surface area (Å²) in [6, 6.07) is 0. The lowest BCUT2D eigenvalue weighted by Crippen LogP contribution is -2.48. The van der Waals surface area contributed by atoms with Crippen LogP contribution in [0.1, 0.15) is 110 Å². The van der Waals surface area contributed by atoms with Crippen LogP contribution in [0.25, 0.3) is 0 Å². The molecule has 6 atom stereocenters. The molecule has 0 aliphatic carbocycles. The minimum Gasteiger partial charge on any atom is -0.550 e. The van der Waals surface area contributed by atoms with Crippen molar-refractivity contribution in [2.45, 2.75) is 147 Å². The average molecular weight is 446 g/mol. The number of aliphatic hydroxyl groups excluding tert-OH is 3. The molecule has 0 amide bonds. The van der Waals surface area contributed by atoms with Gasteiger partial charge in [0.2, 0.25) is 0 Å². The molecule has 1 heterocycles. The first-order chi connectivity index (χ1) is 14.8. The van der Waals surface area contributed by atoms with Crippen molar-refractivity contribution < 1.29 is 34.7 Å². The smallest absolute Gasteiger partial charge is 0.184 e. The Balaban J connectivity index is 1.86. The van der Waals surface area contributed by atoms with Gasteiger partial charge in [0.25, 0.3) is 0 Å². The number of hydrogen-bond donors (Lipinski definition) is 3. The Hall–Kier alpha value is -0.730. The summed E-state index contributed by atoms with van der Waals surface area (Å²) in [6.07, 6.45) is 11.3. The van der Waals surface area contributed by atoms with E-state index in [1.807, 2.05) is 6.92 Å². The average Bonchev–Trinajstić information content (AvgIpc) is 2.69. The highest BCUT2D eigenvalue weighted by atomic mass is 16.7. The van der Waals surface area contributed by atoms with Crippen molar-refractivity contribution in [1.29, 1.82) is 0 Å². The van der Waals surface area contributed by atoms with Crippen LogP contribution in [0.3, 0.4) is 0 Å². The third-order valence-corrected chi connectivity index (χ3v) is 6.10. The van der Waals surface area contributed by atoms with Crippen LogP contribution in [-0.2, 0) is 14.3 Å². The van der Waals surface area contributed by atoms with Crippen LogP contribution in [0.4, 0.5) is 0 Å². The Morgan fingerprint density at radius 2 is 1.42 bits per heavy atom. The normalized spacial score (nSPS) is 26.0. The molecule has 7 nitrogen and oxygen atoms in total. The van der Waals surface area contributed by atoms with Crippen LogP contribution < -0.4 is 5.11 Å². The lowest BCUT2D eigenvalue weighted by molar-refractivity contribution is -0.307. The highest BCUT2D eigenvalue weighted by Gasteiger charge is 2.35. The summed E-state index contributed by atoms with van der Waals surface area (Å²) in [4.78, 5) is 10.4. The molecule has 1 aliphatic heterocycles. The van der Waals surface area contributed by atoms with Crippen molar-refractivity contribution in [3.63, 3.8) is 0 Å². The zero-order valence-corrected chi connectivity index (χ0v) is 19.5. The largest absolute Gasteiger partial charge is 0.550 e. The molecule has 7 heteroatoms. The summed E-state index contributed by atoms with van der Waals surface area (Å²) in [5.41, 5.74) is 0. The van der Waals surface area contributed by atoms with E-state index < -0.39 is 30.6 Å². The molecule has 1 fully saturated rings. The zero-order chi connectivity index (χ0) is 23.1. The number of ether oxygens (including phenoxy) is 2. The minimum absolute atomic E-state index is 0.0315. The molecule has 3 N–H and O–H groups in total. The monoisotopic (exact) mass is 445 g/mol. The summed E-state index contributed by atoms with van der Waals surface area (Å²) >= 11 is 0. The van der Waals surface area contributed by atoms with Gasteiger partial charge in [0.15, 0.2) is 6.29 Å². The topological polar surface area (TPSA) is 119 Å². The van der Waals surface area contributed by atoms with Crippen molar-refractivity contribution in [3.05, 3.63) is 0 Å². The number of carboxylic acid groups (broad SMARTS) is 1. The molecule has 0 unspecified atom stereocenters. The molecule has 0 radical (unpaired) electrons. The Bertz CT molecular complexity index is 459. The van der Waals surface area contributed by atoms with E-state index in [2.05, 4.69) is 0 Å². The SMILES string of the molecule is C[C@H](CCCCCCCCCCCCC[C@@H](O)CC(=O)[O-])O[C@@H]1O[C@@H](C)[C@H](O)C[C@H]1O. The number of aliphatic hydroxyl groups is 3. The zero-order valence-electron chi connectivity index (χ0n) is 19.5. The Kier molecular flexibility index (Phi) is 15.4. The van der Waals surface area contributed by atoms with Crippen molar-refractivity contribution in [2.75, 3.05) is 0 Å². The predicted octanol–water partition coefficient (Wildman–Crippen LogP) is 2.82. The van der Waals surface area contributed by atoms with Gasteiger partial charge in [0.05, 0.1) is 24.4 Å². The number of unbranched alkanes of at least 4 members (excludes halogenated alkanes) is 10. The second-order valence-corrected chi connectivity index (χ2v) is 9.22. The number of carboxylic acids is 1. The highest BCUT2D eigenvalue weighted by Crippen LogP contribution is 2.23. The van der Waals surface area contributed by atoms with Gasteiger partial charge in [-0.2, -0.15) is 0 Å². The molecule has 0 saturated carbocycles. The fraction of sp³-hybridized carbons (Fsp3) is 0.958. The molecule has 0 aromatic rings. The first-order valence-electron chi connectivity index (χ1n) is 12.3. The van der Waals surface area contributed by atoms with Crippen LogP contribution in [0.15, 0.2) is 0 Å². The lowest BCUT2D eigenvalue weighted by atomic mass is 10.0. The molecule has 1 rings (SSSR count). The van der Waals surface area contributed by atoms with Crippen LogP contribution in [0.2, 0.25) is 0 Å². The summed E-state index contributed by atoms with van der Waals surface area (Å²) in [7, 11) is 0. The van der Waals surface area contributed by atoms with Gasteiger partial charge in [0, 0.05) is 18.8 Å². The molecule has 31 heavy (non-hydrogen) atoms. The van der Waals surface area contributed by atoms with Crippen molar-refractivity contribution in [2.24, 2.45) is 0 Å². The van der Waals surface area contributed by atoms with Gasteiger partial charge in [-0.3, -0.25) is 0 Å². The molecule has 1 aliphatic rings. The third kappa shape index (κ3) is 14.1. The summed E-state index contributed by atoms with van der Waals surface area (Å²) in [5, 5.41) is 39.5. The molecular weight excluding hydrogens is 400 g/mol. The molecule has 1 saturated heterocycles. The van der Waals surface area contributed by atoms with Crippen LogP contribution in [-0.4, -0.2) is 58.1 Å². The summed E-state index contributed by atoms with van der Waals surface area (Å²) in [6.45, 7) is 3.81. The molecule has 0 aromatic heterocycles. The number of hydrogen-bond acceptors (Lipinski definition) is 7. The van der Waals surface area contributed by atoms with E-state index in [-0.39, 0.29) is 18.6 Å². The van der Waals surface area contributed by atoms with Gasteiger partial charge in [-0.15, -0.1) is 0 Å². The first-order valence-corrected chi connectivity index (χ1v) is 12.3. The summed E-state index contributed by atoms with van der Waals surface area (Å²) < 4.78 is 11.4. The Morgan fingerprint density at radius 1 is 0.935 bits per heavy atom. The predicted molar refractivity (Wildman–Crippen MR) is 117 cm³/mol. The van der Waals surface area contributed by atoms with E-state index in [0.717, 1.165) is 32.1 Å². The van der Waals surface area contributed by atoms with E-state index in [1.165, 1.54) is 44.9 Å². The second kappa shape index (κ2) is 16.8. The molecule has 0 aromatic carbocycles. The highest BCUT2D eigenvalue weighted by molar-refractivity contribution is 5.64. The third-order valence-electron chi connectivity index (χ3n) is 6.10. The molecule has 184 valence electrons. The van der Waals surface area contributed by atoms with Gasteiger partial charge < -0.3 is 34.7 Å². The molecular formula is C24H45O7-. The fourth-order valence-electron chi connectivity index (χ4n) is 4.06. The van der Waals surface area contributed by atoms with E-state index in [1.54, 1.807) is 6.92 Å². The van der Waals surface area contributed by atoms with Crippen molar-refractivity contribution >= 4 is 5.97 Å². The van der Waals surface area contributed by atoms with Gasteiger partial charge >= 0.3 is 0 Å². The van der Waals surface area contributed by atoms with Gasteiger partial charge in [-0.25, -0.2) is 0 Å². The number of carbonyl (C=O) groups excluding carboxylic acids is 1. The van der Waals surface area contributed by atoms with Gasteiger partial charge in [-0.1, -0.05) is 70.6 Å². The standard InChI is InChI=1S/C24H46O7/c1-18(30-24-22(27)17-21(26)19(2)31-24)14-12-10-8-6-4-3-5-7-9-11-13-15-20(25)16-23(28)29/h18-22,24-27H,3-17H2,1-2H3,(H,28,29)/p-1/t18-,19+,20-,21-,22-,24-/m1/s1. The second-order valence-electron chi connectivity index (χ2n) is 9.22. The Morgan fingerprint density at radius 3 is 1.94 bits per heavy atom. The quantitative estimate of drug-likeness (QED) is 0.278. The number of carbonyl (C=O) groups is 1. The van der Waals surface area contributed by atoms with E-state index in [9.17, 15) is 25.2 Å². The van der Waals surface area contributed by atoms with Crippen LogP contribution in [0.5, 0.6) is 0 Å². The lowest BCUT2D eigenvalue weighted by Gasteiger charge is -2.36. The van der Waals surface area contributed by atoms with Crippen molar-refractivity contribution in [3.8, 4) is 0 Å². The first kappa shape index (κ1) is 28.3. The number of aliphatic carboxylic acids is 1. The van der Waals surface area contributed by atoms with Crippen LogP contribution >= 0.6 is 0 Å². The minimum atomic E-state index is -1.18. The van der Waals surface area contributed by atoms with Gasteiger partial charge in [0.1, 0.15) is 6.10 Å². The fourth-order valence-corrected chi connectivity index (χ4v) is 4.06. The maximum atomic E-state index is 10.4. The maximum Gasteiger partial charge on any atom is 0.184 e. The maximum absolute atomic E-state index is 10.4. The van der Waals surface area contributed by atoms with Crippen LogP contribution in [0, 0.1) is 0 Å². The van der Waals surface area contributed by atoms with E-state index >= 15 is 0 Å². The van der Waals surface area contributed by atoms with Gasteiger partial charge in [-0.05, 0) is 26.7 Å². The Labute approximate surface area is 188 Å². The van der Waals surface area contributed by atoms with Crippen molar-refractivity contribution in [1.82, 2.24) is 0 Å². The molecule has 0 bridgehead atoms. The van der Waals surface area contributed by atoms with E-state index in [4.69, 9.17) is 9.47 Å². The van der Waals surface area contributed by atoms with E-state index in [0.29, 0.717) is 12.8 Å². The number of rotatable bonds is 18. The summed E-state index contributed by atoms with van der Waals surface area (Å²) in [5.74, 6) is -1.18. The molecule has 0 spiro atoms.